The second-order valence-electron chi connectivity index (χ2n) is 8.21. The van der Waals surface area contributed by atoms with Crippen molar-refractivity contribution in [2.75, 3.05) is 31.1 Å². The van der Waals surface area contributed by atoms with E-state index in [0.29, 0.717) is 59.4 Å². The van der Waals surface area contributed by atoms with Gasteiger partial charge in [0.15, 0.2) is 5.75 Å². The number of ether oxygens (including phenoxy) is 1. The standard InChI is InChI=1S/C24H22ClFN4O3/c1-3-20(31)28-8-9-29(14(2)13-28)23-18-7-6-17(16-5-4-15(25)12-19(16)26)22-21(18)30(10-11-33-22)24(32)27-23/h3-7,12,14H,1,8-11,13H2,2H3. The lowest BCUT2D eigenvalue weighted by Crippen LogP contribution is -2.54. The molecule has 9 heteroatoms. The molecule has 7 nitrogen and oxygen atoms in total. The van der Waals surface area contributed by atoms with Gasteiger partial charge in [-0.2, -0.15) is 4.98 Å². The zero-order valence-corrected chi connectivity index (χ0v) is 18.8. The number of amides is 1. The van der Waals surface area contributed by atoms with Gasteiger partial charge in [0, 0.05) is 47.2 Å². The van der Waals surface area contributed by atoms with Gasteiger partial charge in [0.1, 0.15) is 18.2 Å². The van der Waals surface area contributed by atoms with E-state index in [1.165, 1.54) is 12.1 Å². The normalized spacial score (nSPS) is 17.7. The van der Waals surface area contributed by atoms with E-state index in [2.05, 4.69) is 11.6 Å². The SMILES string of the molecule is C=CC(=O)N1CCN(c2nc(=O)n3c4c(c(-c5ccc(Cl)cc5F)ccc24)OCC3)C(C)C1. The van der Waals surface area contributed by atoms with E-state index in [4.69, 9.17) is 16.3 Å². The monoisotopic (exact) mass is 468 g/mol. The van der Waals surface area contributed by atoms with Crippen LogP contribution in [-0.4, -0.2) is 52.6 Å². The number of piperazine rings is 1. The summed E-state index contributed by atoms with van der Waals surface area (Å²) in [5.74, 6) is 0.412. The summed E-state index contributed by atoms with van der Waals surface area (Å²) in [7, 11) is 0. The minimum atomic E-state index is -0.466. The molecule has 0 saturated carbocycles. The van der Waals surface area contributed by atoms with Crippen LogP contribution in [0.3, 0.4) is 0 Å². The number of hydrogen-bond acceptors (Lipinski definition) is 5. The fraction of sp³-hybridized carbons (Fsp3) is 0.292. The van der Waals surface area contributed by atoms with Crippen molar-refractivity contribution in [1.82, 2.24) is 14.5 Å². The molecule has 0 radical (unpaired) electrons. The van der Waals surface area contributed by atoms with Gasteiger partial charge >= 0.3 is 5.69 Å². The second-order valence-corrected chi connectivity index (χ2v) is 8.65. The summed E-state index contributed by atoms with van der Waals surface area (Å²) in [5, 5.41) is 1.05. The van der Waals surface area contributed by atoms with E-state index in [0.717, 1.165) is 5.39 Å². The van der Waals surface area contributed by atoms with Gasteiger partial charge in [0.25, 0.3) is 0 Å². The smallest absolute Gasteiger partial charge is 0.350 e. The van der Waals surface area contributed by atoms with Crippen molar-refractivity contribution >= 4 is 34.2 Å². The Labute approximate surface area is 194 Å². The van der Waals surface area contributed by atoms with Gasteiger partial charge in [-0.15, -0.1) is 0 Å². The van der Waals surface area contributed by atoms with Crippen LogP contribution in [0.1, 0.15) is 6.92 Å². The summed E-state index contributed by atoms with van der Waals surface area (Å²) in [6.07, 6.45) is 1.31. The van der Waals surface area contributed by atoms with E-state index in [1.807, 2.05) is 17.9 Å². The Morgan fingerprint density at radius 2 is 2.03 bits per heavy atom. The summed E-state index contributed by atoms with van der Waals surface area (Å²) in [6.45, 7) is 7.71. The summed E-state index contributed by atoms with van der Waals surface area (Å²) >= 11 is 5.93. The second kappa shape index (κ2) is 8.19. The van der Waals surface area contributed by atoms with Gasteiger partial charge in [-0.05, 0) is 43.3 Å². The van der Waals surface area contributed by atoms with E-state index < -0.39 is 5.82 Å². The zero-order chi connectivity index (χ0) is 23.3. The van der Waals surface area contributed by atoms with Crippen molar-refractivity contribution in [3.05, 3.63) is 64.3 Å². The Morgan fingerprint density at radius 3 is 2.76 bits per heavy atom. The van der Waals surface area contributed by atoms with E-state index >= 15 is 0 Å². The van der Waals surface area contributed by atoms with Crippen LogP contribution in [0.2, 0.25) is 5.02 Å². The number of anilines is 1. The average molecular weight is 469 g/mol. The van der Waals surface area contributed by atoms with Crippen LogP contribution in [0, 0.1) is 5.82 Å². The van der Waals surface area contributed by atoms with Crippen LogP contribution < -0.4 is 15.3 Å². The molecule has 0 bridgehead atoms. The number of nitrogens with zero attached hydrogens (tertiary/aromatic N) is 4. The van der Waals surface area contributed by atoms with Gasteiger partial charge in [-0.25, -0.2) is 9.18 Å². The minimum Gasteiger partial charge on any atom is -0.489 e. The fourth-order valence-electron chi connectivity index (χ4n) is 4.66. The lowest BCUT2D eigenvalue weighted by atomic mass is 10.0. The van der Waals surface area contributed by atoms with Crippen molar-refractivity contribution in [3.63, 3.8) is 0 Å². The highest BCUT2D eigenvalue weighted by atomic mass is 35.5. The molecule has 1 amide bonds. The maximum Gasteiger partial charge on any atom is 0.350 e. The summed E-state index contributed by atoms with van der Waals surface area (Å²) < 4.78 is 22.3. The maximum atomic E-state index is 14.7. The van der Waals surface area contributed by atoms with E-state index in [9.17, 15) is 14.0 Å². The first kappa shape index (κ1) is 21.5. The summed E-state index contributed by atoms with van der Waals surface area (Å²) in [4.78, 5) is 33.2. The highest BCUT2D eigenvalue weighted by Crippen LogP contribution is 2.41. The molecule has 1 atom stereocenters. The molecule has 2 aliphatic rings. The van der Waals surface area contributed by atoms with Crippen molar-refractivity contribution in [1.29, 1.82) is 0 Å². The van der Waals surface area contributed by atoms with Crippen LogP contribution in [-0.2, 0) is 11.3 Å². The Bertz CT molecular complexity index is 1360. The predicted molar refractivity (Wildman–Crippen MR) is 125 cm³/mol. The first-order chi connectivity index (χ1) is 15.9. The third-order valence-corrected chi connectivity index (χ3v) is 6.48. The molecule has 2 aliphatic heterocycles. The van der Waals surface area contributed by atoms with Gasteiger partial charge in [-0.1, -0.05) is 18.2 Å². The van der Waals surface area contributed by atoms with Crippen molar-refractivity contribution < 1.29 is 13.9 Å². The topological polar surface area (TPSA) is 67.7 Å². The first-order valence-corrected chi connectivity index (χ1v) is 11.1. The summed E-state index contributed by atoms with van der Waals surface area (Å²) in [6, 6.07) is 8.06. The zero-order valence-electron chi connectivity index (χ0n) is 18.1. The van der Waals surface area contributed by atoms with Gasteiger partial charge < -0.3 is 14.5 Å². The number of carbonyl (C=O) groups excluding carboxylic acids is 1. The molecule has 3 heterocycles. The van der Waals surface area contributed by atoms with Crippen LogP contribution in [0.5, 0.6) is 5.75 Å². The first-order valence-electron chi connectivity index (χ1n) is 10.7. The van der Waals surface area contributed by atoms with E-state index in [1.54, 1.807) is 27.7 Å². The Balaban J connectivity index is 1.66. The van der Waals surface area contributed by atoms with Gasteiger partial charge in [0.05, 0.1) is 12.1 Å². The molecule has 2 aromatic carbocycles. The molecule has 5 rings (SSSR count). The number of halogens is 2. The molecule has 3 aromatic rings. The largest absolute Gasteiger partial charge is 0.489 e. The number of rotatable bonds is 3. The fourth-order valence-corrected chi connectivity index (χ4v) is 4.82. The summed E-state index contributed by atoms with van der Waals surface area (Å²) in [5.41, 5.74) is 1.11. The quantitative estimate of drug-likeness (QED) is 0.551. The number of carbonyl (C=O) groups is 1. The van der Waals surface area contributed by atoms with E-state index in [-0.39, 0.29) is 24.2 Å². The molecule has 170 valence electrons. The van der Waals surface area contributed by atoms with Crippen LogP contribution in [0.4, 0.5) is 10.2 Å². The molecule has 1 fully saturated rings. The van der Waals surface area contributed by atoms with Crippen molar-refractivity contribution in [3.8, 4) is 16.9 Å². The molecule has 1 saturated heterocycles. The molecular weight excluding hydrogens is 447 g/mol. The number of aromatic nitrogens is 2. The van der Waals surface area contributed by atoms with Crippen molar-refractivity contribution in [2.45, 2.75) is 19.5 Å². The Kier molecular flexibility index (Phi) is 5.32. The van der Waals surface area contributed by atoms with Crippen LogP contribution >= 0.6 is 11.6 Å². The average Bonchev–Trinajstić information content (AvgIpc) is 2.81. The lowest BCUT2D eigenvalue weighted by molar-refractivity contribution is -0.126. The third-order valence-electron chi connectivity index (χ3n) is 6.24. The number of hydrogen-bond donors (Lipinski definition) is 0. The molecule has 0 N–H and O–H groups in total. The molecule has 1 unspecified atom stereocenters. The Hall–Kier alpha value is -3.39. The van der Waals surface area contributed by atoms with Gasteiger partial charge in [0.2, 0.25) is 5.91 Å². The van der Waals surface area contributed by atoms with Crippen LogP contribution in [0.25, 0.3) is 22.0 Å². The van der Waals surface area contributed by atoms with Crippen LogP contribution in [0.15, 0.2) is 47.8 Å². The highest BCUT2D eigenvalue weighted by Gasteiger charge is 2.30. The van der Waals surface area contributed by atoms with Gasteiger partial charge in [-0.3, -0.25) is 9.36 Å². The number of benzene rings is 2. The predicted octanol–water partition coefficient (Wildman–Crippen LogP) is 3.47. The highest BCUT2D eigenvalue weighted by molar-refractivity contribution is 6.30. The molecule has 0 spiro atoms. The third kappa shape index (κ3) is 3.54. The van der Waals surface area contributed by atoms with Crippen molar-refractivity contribution in [2.24, 2.45) is 0 Å². The molecule has 1 aromatic heterocycles. The molecule has 0 aliphatic carbocycles. The Morgan fingerprint density at radius 1 is 1.24 bits per heavy atom. The maximum absolute atomic E-state index is 14.7. The lowest BCUT2D eigenvalue weighted by Gasteiger charge is -2.40. The molecular formula is C24H22ClFN4O3. The molecule has 33 heavy (non-hydrogen) atoms. The minimum absolute atomic E-state index is 0.0608.